The number of thioether (sulfide) groups is 1. The van der Waals surface area contributed by atoms with Gasteiger partial charge in [-0.1, -0.05) is 11.3 Å². The van der Waals surface area contributed by atoms with E-state index in [9.17, 15) is 0 Å². The minimum atomic E-state index is 0.646. The summed E-state index contributed by atoms with van der Waals surface area (Å²) in [5, 5.41) is 16.9. The second-order valence-corrected chi connectivity index (χ2v) is 2.66. The Morgan fingerprint density at radius 2 is 2.75 bits per heavy atom. The Balaban J connectivity index is 2.67. The molecule has 1 heterocycles. The van der Waals surface area contributed by atoms with Crippen LogP contribution in [0.2, 0.25) is 0 Å². The Morgan fingerprint density at radius 3 is 3.25 bits per heavy atom. The van der Waals surface area contributed by atoms with E-state index in [0.717, 1.165) is 11.8 Å². The molecule has 1 aromatic heterocycles. The molecule has 1 aromatic rings. The van der Waals surface area contributed by atoms with Crippen LogP contribution in [0.15, 0.2) is 4.34 Å². The van der Waals surface area contributed by atoms with Crippen molar-refractivity contribution in [3.05, 3.63) is 5.51 Å². The lowest BCUT2D eigenvalue weighted by Crippen LogP contribution is -1.64. The van der Waals surface area contributed by atoms with Crippen LogP contribution >= 0.6 is 23.1 Å². The molecular formula is C3N3S2. The molecule has 0 atom stereocenters. The van der Waals surface area contributed by atoms with Crippen molar-refractivity contribution in [3.63, 3.8) is 0 Å². The van der Waals surface area contributed by atoms with E-state index in [2.05, 4.69) is 15.7 Å². The van der Waals surface area contributed by atoms with Gasteiger partial charge in [-0.2, -0.15) is 5.26 Å². The first-order valence-electron chi connectivity index (χ1n) is 1.69. The zero-order valence-electron chi connectivity index (χ0n) is 3.66. The van der Waals surface area contributed by atoms with Gasteiger partial charge in [0.05, 0.1) is 0 Å². The van der Waals surface area contributed by atoms with Crippen LogP contribution in [0.3, 0.4) is 0 Å². The van der Waals surface area contributed by atoms with Gasteiger partial charge in [-0.25, -0.2) is 0 Å². The molecule has 3 nitrogen and oxygen atoms in total. The summed E-state index contributed by atoms with van der Waals surface area (Å²) in [5.74, 6) is 0. The van der Waals surface area contributed by atoms with E-state index in [1.807, 2.05) is 5.40 Å². The van der Waals surface area contributed by atoms with E-state index >= 15 is 0 Å². The van der Waals surface area contributed by atoms with Gasteiger partial charge in [0, 0.05) is 11.8 Å². The lowest BCUT2D eigenvalue weighted by Gasteiger charge is -1.71. The quantitative estimate of drug-likeness (QED) is 0.432. The third kappa shape index (κ3) is 1.18. The largest absolute Gasteiger partial charge is 0.189 e. The lowest BCUT2D eigenvalue weighted by molar-refractivity contribution is 1.01. The fraction of sp³-hybridized carbons (Fsp3) is 0. The second kappa shape index (κ2) is 2.64. The van der Waals surface area contributed by atoms with Crippen LogP contribution in [-0.4, -0.2) is 10.2 Å². The van der Waals surface area contributed by atoms with Crippen molar-refractivity contribution in [2.24, 2.45) is 0 Å². The van der Waals surface area contributed by atoms with E-state index < -0.39 is 0 Å². The summed E-state index contributed by atoms with van der Waals surface area (Å²) in [6.45, 7) is 0. The molecule has 0 aliphatic carbocycles. The van der Waals surface area contributed by atoms with Gasteiger partial charge >= 0.3 is 0 Å². The van der Waals surface area contributed by atoms with Crippen molar-refractivity contribution in [1.82, 2.24) is 10.2 Å². The highest BCUT2D eigenvalue weighted by Gasteiger charge is 1.92. The van der Waals surface area contributed by atoms with Crippen molar-refractivity contribution in [1.29, 1.82) is 5.26 Å². The van der Waals surface area contributed by atoms with Crippen molar-refractivity contribution in [2.45, 2.75) is 4.34 Å². The Kier molecular flexibility index (Phi) is 1.83. The van der Waals surface area contributed by atoms with Crippen molar-refractivity contribution in [2.75, 3.05) is 0 Å². The molecule has 5 heteroatoms. The van der Waals surface area contributed by atoms with Crippen LogP contribution in [0.5, 0.6) is 0 Å². The molecule has 0 N–H and O–H groups in total. The van der Waals surface area contributed by atoms with Crippen LogP contribution < -0.4 is 0 Å². The summed E-state index contributed by atoms with van der Waals surface area (Å²) < 4.78 is 0.646. The molecule has 0 aliphatic heterocycles. The highest BCUT2D eigenvalue weighted by molar-refractivity contribution is 8.05. The average molecular weight is 142 g/mol. The fourth-order valence-corrected chi connectivity index (χ4v) is 1.01. The monoisotopic (exact) mass is 142 g/mol. The van der Waals surface area contributed by atoms with Crippen LogP contribution in [0.25, 0.3) is 0 Å². The molecule has 0 unspecified atom stereocenters. The number of nitrogens with zero attached hydrogens (tertiary/aromatic N) is 3. The number of hydrogen-bond donors (Lipinski definition) is 0. The number of rotatable bonds is 1. The SMILES string of the molecule is N#CSc1nn[c]s1. The number of nitriles is 1. The highest BCUT2D eigenvalue weighted by Crippen LogP contribution is 2.15. The van der Waals surface area contributed by atoms with Gasteiger partial charge in [-0.15, -0.1) is 10.2 Å². The van der Waals surface area contributed by atoms with Crippen LogP contribution in [0, 0.1) is 16.2 Å². The summed E-state index contributed by atoms with van der Waals surface area (Å²) in [6.07, 6.45) is 0. The predicted molar refractivity (Wildman–Crippen MR) is 30.2 cm³/mol. The fourth-order valence-electron chi connectivity index (χ4n) is 0.221. The van der Waals surface area contributed by atoms with Gasteiger partial charge in [0.25, 0.3) is 0 Å². The Bertz CT molecular complexity index is 187. The maximum Gasteiger partial charge on any atom is 0.189 e. The Labute approximate surface area is 54.4 Å². The average Bonchev–Trinajstić information content (AvgIpc) is 2.19. The first kappa shape index (κ1) is 5.54. The molecular weight excluding hydrogens is 142 g/mol. The standard InChI is InChI=1S/C3N3S2/c4-1-7-3-6-5-2-8-3. The maximum absolute atomic E-state index is 8.08. The van der Waals surface area contributed by atoms with Crippen LogP contribution in [-0.2, 0) is 0 Å². The van der Waals surface area contributed by atoms with Gasteiger partial charge in [0.15, 0.2) is 9.85 Å². The predicted octanol–water partition coefficient (Wildman–Crippen LogP) is 0.911. The van der Waals surface area contributed by atoms with Gasteiger partial charge in [0.1, 0.15) is 5.40 Å². The zero-order chi connectivity index (χ0) is 5.82. The number of hydrogen-bond acceptors (Lipinski definition) is 5. The normalized spacial score (nSPS) is 8.38. The van der Waals surface area contributed by atoms with E-state index in [1.165, 1.54) is 11.3 Å². The summed E-state index contributed by atoms with van der Waals surface area (Å²) in [6, 6.07) is 0. The Morgan fingerprint density at radius 1 is 1.88 bits per heavy atom. The molecule has 0 aromatic carbocycles. The molecule has 0 amide bonds. The van der Waals surface area contributed by atoms with Crippen LogP contribution in [0.1, 0.15) is 0 Å². The van der Waals surface area contributed by atoms with E-state index in [0.29, 0.717) is 4.34 Å². The van der Waals surface area contributed by atoms with E-state index in [1.54, 1.807) is 0 Å². The first-order chi connectivity index (χ1) is 3.93. The summed E-state index contributed by atoms with van der Waals surface area (Å²) >= 11 is 2.24. The number of aromatic nitrogens is 2. The lowest BCUT2D eigenvalue weighted by atomic mass is 11.6. The third-order valence-electron chi connectivity index (χ3n) is 0.438. The third-order valence-corrected chi connectivity index (χ3v) is 1.72. The summed E-state index contributed by atoms with van der Waals surface area (Å²) in [7, 11) is 0. The molecule has 0 saturated carbocycles. The summed E-state index contributed by atoms with van der Waals surface area (Å²) in [4.78, 5) is 0. The molecule has 8 heavy (non-hydrogen) atoms. The molecule has 0 bridgehead atoms. The molecule has 0 fully saturated rings. The topological polar surface area (TPSA) is 49.6 Å². The minimum absolute atomic E-state index is 0.646. The van der Waals surface area contributed by atoms with Crippen molar-refractivity contribution < 1.29 is 0 Å². The second-order valence-electron chi connectivity index (χ2n) is 0.853. The van der Waals surface area contributed by atoms with Gasteiger partial charge in [0.2, 0.25) is 0 Å². The molecule has 0 spiro atoms. The Hall–Kier alpha value is -0.600. The van der Waals surface area contributed by atoms with Crippen LogP contribution in [0.4, 0.5) is 0 Å². The maximum atomic E-state index is 8.08. The minimum Gasteiger partial charge on any atom is -0.185 e. The first-order valence-corrected chi connectivity index (χ1v) is 3.32. The highest BCUT2D eigenvalue weighted by atomic mass is 32.2. The molecule has 1 radical (unpaired) electrons. The molecule has 1 rings (SSSR count). The molecule has 0 saturated heterocycles. The zero-order valence-corrected chi connectivity index (χ0v) is 5.29. The summed E-state index contributed by atoms with van der Waals surface area (Å²) in [5.41, 5.74) is 2.52. The molecule has 0 aliphatic rings. The van der Waals surface area contributed by atoms with Gasteiger partial charge < -0.3 is 0 Å². The van der Waals surface area contributed by atoms with E-state index in [4.69, 9.17) is 5.26 Å². The van der Waals surface area contributed by atoms with E-state index in [-0.39, 0.29) is 0 Å². The van der Waals surface area contributed by atoms with Gasteiger partial charge in [-0.05, 0) is 0 Å². The van der Waals surface area contributed by atoms with Gasteiger partial charge in [-0.3, -0.25) is 0 Å². The number of thiocyanates is 1. The van der Waals surface area contributed by atoms with Crippen molar-refractivity contribution >= 4 is 23.1 Å². The van der Waals surface area contributed by atoms with Crippen molar-refractivity contribution in [3.8, 4) is 5.40 Å². The molecule has 39 valence electrons. The smallest absolute Gasteiger partial charge is 0.185 e.